The first-order valence-corrected chi connectivity index (χ1v) is 7.68. The highest BCUT2D eigenvalue weighted by molar-refractivity contribution is 5.95. The van der Waals surface area contributed by atoms with Crippen LogP contribution in [0, 0.1) is 0 Å². The highest BCUT2D eigenvalue weighted by Crippen LogP contribution is 2.26. The third-order valence-electron chi connectivity index (χ3n) is 3.61. The summed E-state index contributed by atoms with van der Waals surface area (Å²) in [4.78, 5) is 11.5. The minimum Gasteiger partial charge on any atom is -0.497 e. The molecule has 0 aliphatic heterocycles. The average molecular weight is 355 g/mol. The molecule has 1 amide bonds. The Kier molecular flexibility index (Phi) is 5.02. The Morgan fingerprint density at radius 3 is 2.38 bits per heavy atom. The molecule has 0 unspecified atom stereocenters. The number of nitrogens with two attached hydrogens (primary N) is 1. The van der Waals surface area contributed by atoms with Crippen LogP contribution in [0.4, 0.5) is 0 Å². The Morgan fingerprint density at radius 1 is 1.04 bits per heavy atom. The molecule has 1 aromatic heterocycles. The summed E-state index contributed by atoms with van der Waals surface area (Å²) in [6.07, 6.45) is 0. The summed E-state index contributed by atoms with van der Waals surface area (Å²) in [7, 11) is 3.11. The van der Waals surface area contributed by atoms with Crippen LogP contribution in [-0.2, 0) is 6.61 Å². The fourth-order valence-corrected chi connectivity index (χ4v) is 2.25. The minimum atomic E-state index is -0.605. The van der Waals surface area contributed by atoms with Crippen LogP contribution in [0.5, 0.6) is 17.2 Å². The van der Waals surface area contributed by atoms with Gasteiger partial charge in [-0.1, -0.05) is 0 Å². The van der Waals surface area contributed by atoms with Gasteiger partial charge in [0.05, 0.1) is 19.8 Å². The first-order chi connectivity index (χ1) is 12.6. The van der Waals surface area contributed by atoms with Crippen LogP contribution in [0.1, 0.15) is 16.2 Å². The molecule has 1 heterocycles. The Hall–Kier alpha value is -3.55. The molecule has 3 rings (SSSR count). The van der Waals surface area contributed by atoms with Gasteiger partial charge in [0.25, 0.3) is 11.8 Å². The fraction of sp³-hybridized carbons (Fsp3) is 0.167. The molecule has 134 valence electrons. The first kappa shape index (κ1) is 17.3. The van der Waals surface area contributed by atoms with Gasteiger partial charge in [0.1, 0.15) is 17.2 Å². The van der Waals surface area contributed by atoms with Crippen LogP contribution in [0.2, 0.25) is 0 Å². The number of benzene rings is 2. The third-order valence-corrected chi connectivity index (χ3v) is 3.61. The van der Waals surface area contributed by atoms with Crippen molar-refractivity contribution in [3.05, 3.63) is 53.9 Å². The van der Waals surface area contributed by atoms with E-state index in [1.54, 1.807) is 31.4 Å². The van der Waals surface area contributed by atoms with Gasteiger partial charge in [0.2, 0.25) is 5.89 Å². The molecule has 0 saturated carbocycles. The Bertz CT molecular complexity index is 905. The smallest absolute Gasteiger partial charge is 0.254 e. The molecule has 2 N–H and O–H groups in total. The molecule has 0 bridgehead atoms. The van der Waals surface area contributed by atoms with Gasteiger partial charge in [-0.05, 0) is 36.4 Å². The molecule has 0 aliphatic carbocycles. The molecular weight excluding hydrogens is 338 g/mol. The van der Waals surface area contributed by atoms with Gasteiger partial charge in [-0.15, -0.1) is 10.2 Å². The maximum Gasteiger partial charge on any atom is 0.254 e. The average Bonchev–Trinajstić information content (AvgIpc) is 3.15. The van der Waals surface area contributed by atoms with Gasteiger partial charge in [-0.3, -0.25) is 4.79 Å². The van der Waals surface area contributed by atoms with Gasteiger partial charge in [-0.2, -0.15) is 0 Å². The predicted molar refractivity (Wildman–Crippen MR) is 92.1 cm³/mol. The van der Waals surface area contributed by atoms with Crippen LogP contribution < -0.4 is 19.9 Å². The second-order valence-electron chi connectivity index (χ2n) is 5.24. The quantitative estimate of drug-likeness (QED) is 0.693. The summed E-state index contributed by atoms with van der Waals surface area (Å²) in [5.41, 5.74) is 6.35. The summed E-state index contributed by atoms with van der Waals surface area (Å²) >= 11 is 0. The van der Waals surface area contributed by atoms with Crippen molar-refractivity contribution in [2.75, 3.05) is 14.2 Å². The van der Waals surface area contributed by atoms with Gasteiger partial charge in [0.15, 0.2) is 6.61 Å². The molecular formula is C18H17N3O5. The molecule has 2 aromatic carbocycles. The number of rotatable bonds is 7. The van der Waals surface area contributed by atoms with Crippen LogP contribution in [-0.4, -0.2) is 30.3 Å². The zero-order valence-corrected chi connectivity index (χ0v) is 14.3. The molecule has 0 aliphatic rings. The molecule has 0 spiro atoms. The summed E-state index contributed by atoms with van der Waals surface area (Å²) in [5.74, 6) is 1.55. The lowest BCUT2D eigenvalue weighted by molar-refractivity contribution is 0.0995. The van der Waals surface area contributed by atoms with Crippen LogP contribution in [0.3, 0.4) is 0 Å². The summed E-state index contributed by atoms with van der Waals surface area (Å²) in [6.45, 7) is -0.0173. The zero-order chi connectivity index (χ0) is 18.5. The topological polar surface area (TPSA) is 110 Å². The molecule has 0 saturated heterocycles. The van der Waals surface area contributed by atoms with Crippen molar-refractivity contribution in [2.24, 2.45) is 5.73 Å². The number of hydrogen-bond acceptors (Lipinski definition) is 7. The summed E-state index contributed by atoms with van der Waals surface area (Å²) in [5, 5.41) is 7.94. The van der Waals surface area contributed by atoms with E-state index in [-0.39, 0.29) is 23.8 Å². The van der Waals surface area contributed by atoms with Crippen LogP contribution in [0.25, 0.3) is 11.5 Å². The fourth-order valence-electron chi connectivity index (χ4n) is 2.25. The van der Waals surface area contributed by atoms with Crippen molar-refractivity contribution in [3.8, 4) is 28.7 Å². The molecule has 3 aromatic rings. The standard InChI is InChI=1S/C18H17N3O5/c1-23-12-5-3-11(4-6-12)18-21-20-16(26-18)10-25-15-9-13(24-2)7-8-14(15)17(19)22/h3-9H,10H2,1-2H3,(H2,19,22). The lowest BCUT2D eigenvalue weighted by atomic mass is 10.2. The second kappa shape index (κ2) is 7.56. The Morgan fingerprint density at radius 2 is 1.73 bits per heavy atom. The van der Waals surface area contributed by atoms with Crippen LogP contribution in [0.15, 0.2) is 46.9 Å². The maximum absolute atomic E-state index is 11.5. The summed E-state index contributed by atoms with van der Waals surface area (Å²) in [6, 6.07) is 11.9. The van der Waals surface area contributed by atoms with E-state index in [2.05, 4.69) is 10.2 Å². The largest absolute Gasteiger partial charge is 0.497 e. The summed E-state index contributed by atoms with van der Waals surface area (Å²) < 4.78 is 21.4. The number of carbonyl (C=O) groups excluding carboxylic acids is 1. The number of aromatic nitrogens is 2. The van der Waals surface area contributed by atoms with Crippen molar-refractivity contribution in [2.45, 2.75) is 6.61 Å². The first-order valence-electron chi connectivity index (χ1n) is 7.68. The molecule has 26 heavy (non-hydrogen) atoms. The number of amides is 1. The molecule has 8 heteroatoms. The van der Waals surface area contributed by atoms with E-state index in [1.807, 2.05) is 12.1 Å². The normalized spacial score (nSPS) is 10.4. The van der Waals surface area contributed by atoms with E-state index in [4.69, 9.17) is 24.4 Å². The molecule has 8 nitrogen and oxygen atoms in total. The molecule has 0 atom stereocenters. The molecule has 0 radical (unpaired) electrons. The predicted octanol–water partition coefficient (Wildman–Crippen LogP) is 2.43. The van der Waals surface area contributed by atoms with E-state index in [0.29, 0.717) is 11.6 Å². The minimum absolute atomic E-state index is 0.0173. The van der Waals surface area contributed by atoms with Crippen molar-refractivity contribution < 1.29 is 23.4 Å². The van der Waals surface area contributed by atoms with E-state index in [9.17, 15) is 4.79 Å². The zero-order valence-electron chi connectivity index (χ0n) is 14.3. The number of carbonyl (C=O) groups is 1. The van der Waals surface area contributed by atoms with E-state index >= 15 is 0 Å². The van der Waals surface area contributed by atoms with Gasteiger partial charge >= 0.3 is 0 Å². The van der Waals surface area contributed by atoms with Gasteiger partial charge in [-0.25, -0.2) is 0 Å². The van der Waals surface area contributed by atoms with E-state index in [0.717, 1.165) is 11.3 Å². The monoisotopic (exact) mass is 355 g/mol. The highest BCUT2D eigenvalue weighted by Gasteiger charge is 2.14. The lowest BCUT2D eigenvalue weighted by Crippen LogP contribution is -2.13. The van der Waals surface area contributed by atoms with E-state index in [1.165, 1.54) is 13.2 Å². The SMILES string of the molecule is COc1ccc(-c2nnc(COc3cc(OC)ccc3C(N)=O)o2)cc1. The van der Waals surface area contributed by atoms with Crippen molar-refractivity contribution in [1.29, 1.82) is 0 Å². The maximum atomic E-state index is 11.5. The second-order valence-corrected chi connectivity index (χ2v) is 5.24. The number of hydrogen-bond donors (Lipinski definition) is 1. The number of methoxy groups -OCH3 is 2. The van der Waals surface area contributed by atoms with E-state index < -0.39 is 5.91 Å². The Balaban J connectivity index is 1.74. The number of primary amides is 1. The lowest BCUT2D eigenvalue weighted by Gasteiger charge is -2.09. The number of ether oxygens (including phenoxy) is 3. The molecule has 0 fully saturated rings. The highest BCUT2D eigenvalue weighted by atomic mass is 16.5. The van der Waals surface area contributed by atoms with Crippen molar-refractivity contribution in [1.82, 2.24) is 10.2 Å². The Labute approximate surface area is 149 Å². The van der Waals surface area contributed by atoms with Gasteiger partial charge in [0, 0.05) is 11.6 Å². The van der Waals surface area contributed by atoms with Crippen LogP contribution >= 0.6 is 0 Å². The van der Waals surface area contributed by atoms with Crippen molar-refractivity contribution >= 4 is 5.91 Å². The number of nitrogens with zero attached hydrogens (tertiary/aromatic N) is 2. The van der Waals surface area contributed by atoms with Crippen molar-refractivity contribution in [3.63, 3.8) is 0 Å². The third kappa shape index (κ3) is 3.75. The van der Waals surface area contributed by atoms with Gasteiger partial charge < -0.3 is 24.4 Å².